The van der Waals surface area contributed by atoms with Gasteiger partial charge in [0.25, 0.3) is 5.91 Å². The average Bonchev–Trinajstić information content (AvgIpc) is 2.33. The first-order chi connectivity index (χ1) is 9.11. The highest BCUT2D eigenvalue weighted by Crippen LogP contribution is 2.19. The van der Waals surface area contributed by atoms with Crippen molar-refractivity contribution in [2.45, 2.75) is 20.4 Å². The summed E-state index contributed by atoms with van der Waals surface area (Å²) < 4.78 is 0. The molecule has 0 atom stereocenters. The average molecular weight is 259 g/mol. The summed E-state index contributed by atoms with van der Waals surface area (Å²) in [6, 6.07) is 5.79. The number of rotatable bonds is 3. The lowest BCUT2D eigenvalue weighted by molar-refractivity contribution is 0.0523. The van der Waals surface area contributed by atoms with Crippen molar-refractivity contribution in [1.29, 1.82) is 0 Å². The van der Waals surface area contributed by atoms with E-state index in [9.17, 15) is 4.79 Å². The summed E-state index contributed by atoms with van der Waals surface area (Å²) in [5, 5.41) is 0. The molecule has 0 aromatic carbocycles. The van der Waals surface area contributed by atoms with Gasteiger partial charge in [-0.2, -0.15) is 0 Å². The van der Waals surface area contributed by atoms with Crippen LogP contribution in [0.3, 0.4) is 0 Å². The van der Waals surface area contributed by atoms with Gasteiger partial charge in [0.1, 0.15) is 5.69 Å². The smallest absolute Gasteiger partial charge is 0.272 e. The maximum absolute atomic E-state index is 12.2. The zero-order chi connectivity index (χ0) is 13.4. The third-order valence-electron chi connectivity index (χ3n) is 3.90. The Morgan fingerprint density at radius 2 is 1.89 bits per heavy atom. The summed E-state index contributed by atoms with van der Waals surface area (Å²) in [7, 11) is 0. The van der Waals surface area contributed by atoms with E-state index < -0.39 is 0 Å². The lowest BCUT2D eigenvalue weighted by atomic mass is 10.0. The van der Waals surface area contributed by atoms with Gasteiger partial charge in [0, 0.05) is 32.7 Å². The van der Waals surface area contributed by atoms with Crippen LogP contribution in [0.1, 0.15) is 30.0 Å². The molecule has 2 aliphatic heterocycles. The summed E-state index contributed by atoms with van der Waals surface area (Å²) in [4.78, 5) is 21.0. The Morgan fingerprint density at radius 3 is 2.53 bits per heavy atom. The molecule has 0 N–H and O–H groups in total. The third kappa shape index (κ3) is 2.63. The van der Waals surface area contributed by atoms with Gasteiger partial charge >= 0.3 is 0 Å². The number of hydrogen-bond acceptors (Lipinski definition) is 3. The summed E-state index contributed by atoms with van der Waals surface area (Å²) >= 11 is 0. The number of nitrogens with zero attached hydrogens (tertiary/aromatic N) is 3. The fraction of sp³-hybridized carbons (Fsp3) is 0.600. The molecule has 0 radical (unpaired) electrons. The molecular formula is C15H21N3O. The van der Waals surface area contributed by atoms with E-state index in [-0.39, 0.29) is 5.91 Å². The van der Waals surface area contributed by atoms with E-state index in [4.69, 9.17) is 0 Å². The second-order valence-electron chi connectivity index (χ2n) is 6.13. The van der Waals surface area contributed by atoms with E-state index >= 15 is 0 Å². The molecule has 2 fully saturated rings. The Morgan fingerprint density at radius 1 is 1.21 bits per heavy atom. The molecule has 0 bridgehead atoms. The molecule has 2 aliphatic rings. The highest BCUT2D eigenvalue weighted by atomic mass is 16.2. The predicted molar refractivity (Wildman–Crippen MR) is 73.7 cm³/mol. The van der Waals surface area contributed by atoms with Crippen LogP contribution >= 0.6 is 0 Å². The summed E-state index contributed by atoms with van der Waals surface area (Å²) in [6.45, 7) is 9.31. The number of carbonyl (C=O) groups is 1. The van der Waals surface area contributed by atoms with Gasteiger partial charge in [0.15, 0.2) is 0 Å². The molecule has 1 aromatic rings. The van der Waals surface area contributed by atoms with Crippen molar-refractivity contribution in [1.82, 2.24) is 14.8 Å². The molecular weight excluding hydrogens is 238 g/mol. The maximum Gasteiger partial charge on any atom is 0.272 e. The first kappa shape index (κ1) is 12.6. The van der Waals surface area contributed by atoms with Gasteiger partial charge in [0.05, 0.1) is 5.69 Å². The Kier molecular flexibility index (Phi) is 3.27. The SMILES string of the molecule is CC1CN(Cc2cccc(C(=O)N3CC(C)C3)n2)C1. The zero-order valence-electron chi connectivity index (χ0n) is 11.7. The first-order valence-corrected chi connectivity index (χ1v) is 7.09. The number of hydrogen-bond donors (Lipinski definition) is 0. The number of likely N-dealkylation sites (tertiary alicyclic amines) is 2. The van der Waals surface area contributed by atoms with Crippen LogP contribution < -0.4 is 0 Å². The van der Waals surface area contributed by atoms with Crippen LogP contribution in [0.15, 0.2) is 18.2 Å². The molecule has 102 valence electrons. The second kappa shape index (κ2) is 4.93. The van der Waals surface area contributed by atoms with Crippen LogP contribution in [0.4, 0.5) is 0 Å². The van der Waals surface area contributed by atoms with Crippen molar-refractivity contribution in [2.75, 3.05) is 26.2 Å². The van der Waals surface area contributed by atoms with Gasteiger partial charge < -0.3 is 4.90 Å². The standard InChI is InChI=1S/C15H21N3O/c1-11-6-17(7-11)10-13-4-3-5-14(16-13)15(19)18-8-12(2)9-18/h3-5,11-12H,6-10H2,1-2H3. The highest BCUT2D eigenvalue weighted by Gasteiger charge is 2.29. The molecule has 4 nitrogen and oxygen atoms in total. The number of pyridine rings is 1. The Hall–Kier alpha value is -1.42. The van der Waals surface area contributed by atoms with Gasteiger partial charge in [0.2, 0.25) is 0 Å². The minimum atomic E-state index is 0.0805. The predicted octanol–water partition coefficient (Wildman–Crippen LogP) is 1.63. The maximum atomic E-state index is 12.2. The van der Waals surface area contributed by atoms with E-state index in [0.29, 0.717) is 11.6 Å². The molecule has 2 saturated heterocycles. The van der Waals surface area contributed by atoms with Crippen molar-refractivity contribution in [2.24, 2.45) is 11.8 Å². The largest absolute Gasteiger partial charge is 0.337 e. The van der Waals surface area contributed by atoms with Crippen molar-refractivity contribution in [3.63, 3.8) is 0 Å². The van der Waals surface area contributed by atoms with E-state index in [0.717, 1.165) is 44.3 Å². The summed E-state index contributed by atoms with van der Waals surface area (Å²) in [5.74, 6) is 1.51. The van der Waals surface area contributed by atoms with Gasteiger partial charge in [-0.3, -0.25) is 9.69 Å². The quantitative estimate of drug-likeness (QED) is 0.827. The van der Waals surface area contributed by atoms with E-state index in [2.05, 4.69) is 23.7 Å². The van der Waals surface area contributed by atoms with E-state index in [1.807, 2.05) is 23.1 Å². The topological polar surface area (TPSA) is 36.4 Å². The fourth-order valence-corrected chi connectivity index (χ4v) is 2.90. The highest BCUT2D eigenvalue weighted by molar-refractivity contribution is 5.92. The van der Waals surface area contributed by atoms with Crippen LogP contribution in [0, 0.1) is 11.8 Å². The molecule has 0 unspecified atom stereocenters. The molecule has 3 heterocycles. The van der Waals surface area contributed by atoms with Crippen molar-refractivity contribution >= 4 is 5.91 Å². The molecule has 0 spiro atoms. The van der Waals surface area contributed by atoms with Gasteiger partial charge in [-0.1, -0.05) is 19.9 Å². The number of carbonyl (C=O) groups excluding carboxylic acids is 1. The van der Waals surface area contributed by atoms with Crippen LogP contribution in [-0.4, -0.2) is 46.9 Å². The molecule has 0 aliphatic carbocycles. The van der Waals surface area contributed by atoms with E-state index in [1.165, 1.54) is 0 Å². The molecule has 0 saturated carbocycles. The van der Waals surface area contributed by atoms with E-state index in [1.54, 1.807) is 0 Å². The van der Waals surface area contributed by atoms with Crippen LogP contribution in [0.5, 0.6) is 0 Å². The molecule has 19 heavy (non-hydrogen) atoms. The van der Waals surface area contributed by atoms with Crippen LogP contribution in [0.2, 0.25) is 0 Å². The second-order valence-corrected chi connectivity index (χ2v) is 6.13. The normalized spacial score (nSPS) is 21.1. The third-order valence-corrected chi connectivity index (χ3v) is 3.90. The van der Waals surface area contributed by atoms with Gasteiger partial charge in [-0.15, -0.1) is 0 Å². The molecule has 4 heteroatoms. The monoisotopic (exact) mass is 259 g/mol. The first-order valence-electron chi connectivity index (χ1n) is 7.09. The van der Waals surface area contributed by atoms with Gasteiger partial charge in [-0.05, 0) is 24.0 Å². The van der Waals surface area contributed by atoms with Crippen molar-refractivity contribution in [3.8, 4) is 0 Å². The van der Waals surface area contributed by atoms with Crippen molar-refractivity contribution in [3.05, 3.63) is 29.6 Å². The molecule has 1 aromatic heterocycles. The minimum absolute atomic E-state index is 0.0805. The Labute approximate surface area is 114 Å². The number of amides is 1. The van der Waals surface area contributed by atoms with Crippen LogP contribution in [-0.2, 0) is 6.54 Å². The lowest BCUT2D eigenvalue weighted by Gasteiger charge is -2.37. The van der Waals surface area contributed by atoms with Crippen LogP contribution in [0.25, 0.3) is 0 Å². The number of aromatic nitrogens is 1. The van der Waals surface area contributed by atoms with Crippen molar-refractivity contribution < 1.29 is 4.79 Å². The minimum Gasteiger partial charge on any atom is -0.337 e. The lowest BCUT2D eigenvalue weighted by Crippen LogP contribution is -2.49. The zero-order valence-corrected chi connectivity index (χ0v) is 11.7. The molecule has 3 rings (SSSR count). The molecule has 1 amide bonds. The van der Waals surface area contributed by atoms with Gasteiger partial charge in [-0.25, -0.2) is 4.98 Å². The Bertz CT molecular complexity index is 476. The summed E-state index contributed by atoms with van der Waals surface area (Å²) in [6.07, 6.45) is 0. The fourth-order valence-electron chi connectivity index (χ4n) is 2.90. The summed E-state index contributed by atoms with van der Waals surface area (Å²) in [5.41, 5.74) is 1.60. The Balaban J connectivity index is 1.64.